The van der Waals surface area contributed by atoms with Crippen LogP contribution in [0.2, 0.25) is 0 Å². The maximum atomic E-state index is 14.0. The number of methoxy groups -OCH3 is 1. The smallest absolute Gasteiger partial charge is 0.339 e. The third kappa shape index (κ3) is 3.94. The predicted molar refractivity (Wildman–Crippen MR) is 151 cm³/mol. The average Bonchev–Trinajstić information content (AvgIpc) is 3.21. The number of phenols is 2. The highest BCUT2D eigenvalue weighted by atomic mass is 79.9. The van der Waals surface area contributed by atoms with Gasteiger partial charge in [-0.1, -0.05) is 27.6 Å². The number of fused-ring (bicyclic) bond motifs is 3. The summed E-state index contributed by atoms with van der Waals surface area (Å²) >= 11 is 3.43. The molecule has 4 aliphatic rings. The molecule has 4 unspecified atom stereocenters. The second-order valence-corrected chi connectivity index (χ2v) is 11.7. The van der Waals surface area contributed by atoms with E-state index >= 15 is 0 Å². The second-order valence-electron chi connectivity index (χ2n) is 10.8. The molecule has 10 nitrogen and oxygen atoms in total. The van der Waals surface area contributed by atoms with E-state index in [0.29, 0.717) is 15.6 Å². The summed E-state index contributed by atoms with van der Waals surface area (Å²) in [6, 6.07) is 6.70. The number of hydrogen-bond acceptors (Lipinski definition) is 8. The summed E-state index contributed by atoms with van der Waals surface area (Å²) < 4.78 is 5.92. The summed E-state index contributed by atoms with van der Waals surface area (Å²) in [7, 11) is 1.39. The van der Waals surface area contributed by atoms with Crippen LogP contribution in [0.5, 0.6) is 17.2 Å². The maximum Gasteiger partial charge on any atom is 0.339 e. The number of allylic oxidation sites excluding steroid dienone is 6. The minimum Gasteiger partial charge on any atom is -0.507 e. The van der Waals surface area contributed by atoms with Crippen LogP contribution in [-0.4, -0.2) is 51.8 Å². The first-order valence-corrected chi connectivity index (χ1v) is 13.9. The monoisotopic (exact) mass is 633 g/mol. The van der Waals surface area contributed by atoms with Crippen molar-refractivity contribution < 1.29 is 44.0 Å². The molecule has 1 heterocycles. The first kappa shape index (κ1) is 27.6. The molecule has 0 aromatic heterocycles. The number of amides is 2. The number of imide groups is 1. The first-order valence-electron chi connectivity index (χ1n) is 13.1. The predicted octanol–water partition coefficient (Wildman–Crippen LogP) is 4.20. The fraction of sp³-hybridized carbons (Fsp3) is 0.258. The van der Waals surface area contributed by atoms with Gasteiger partial charge in [-0.05, 0) is 56.0 Å². The third-order valence-corrected chi connectivity index (χ3v) is 9.09. The molecule has 1 fully saturated rings. The van der Waals surface area contributed by atoms with Gasteiger partial charge in [-0.25, -0.2) is 9.69 Å². The number of benzene rings is 2. The lowest BCUT2D eigenvalue weighted by Gasteiger charge is -2.42. The number of anilines is 1. The standard InChI is InChI=1S/C31H24BrNO9/c1-12-7-21(34)19-11-18-15(24(26(19)27(12)36)20-8-13(32)9-23(42-2)28(20)37)5-6-17-25(18)30(39)33(29(17)38)14-3-4-16(31(40)41)22(35)10-14/h3-5,7-10,17-18,24-25,35,37H,6,11H2,1-2H3,(H,40,41). The van der Waals surface area contributed by atoms with Gasteiger partial charge in [-0.15, -0.1) is 0 Å². The van der Waals surface area contributed by atoms with Crippen LogP contribution in [0.1, 0.15) is 41.6 Å². The summed E-state index contributed by atoms with van der Waals surface area (Å²) in [4.78, 5) is 66.8. The Morgan fingerprint density at radius 2 is 1.79 bits per heavy atom. The molecule has 42 heavy (non-hydrogen) atoms. The number of carbonyl (C=O) groups is 5. The van der Waals surface area contributed by atoms with Gasteiger partial charge in [0.15, 0.2) is 23.1 Å². The van der Waals surface area contributed by atoms with E-state index in [9.17, 15) is 39.3 Å². The first-order chi connectivity index (χ1) is 19.9. The fourth-order valence-corrected chi connectivity index (χ4v) is 7.24. The van der Waals surface area contributed by atoms with Crippen LogP contribution in [0.4, 0.5) is 5.69 Å². The lowest BCUT2D eigenvalue weighted by atomic mass is 9.59. The average molecular weight is 634 g/mol. The number of ketones is 2. The number of carbonyl (C=O) groups excluding carboxylic acids is 4. The Hall–Kier alpha value is -4.51. The fourth-order valence-electron chi connectivity index (χ4n) is 6.78. The van der Waals surface area contributed by atoms with Gasteiger partial charge in [-0.3, -0.25) is 19.2 Å². The largest absolute Gasteiger partial charge is 0.507 e. The number of Topliss-reactive ketones (excluding diaryl/α,β-unsaturated/α-hetero) is 1. The van der Waals surface area contributed by atoms with Crippen molar-refractivity contribution in [2.24, 2.45) is 17.8 Å². The summed E-state index contributed by atoms with van der Waals surface area (Å²) in [5, 5.41) is 30.7. The van der Waals surface area contributed by atoms with Crippen LogP contribution in [0.3, 0.4) is 0 Å². The van der Waals surface area contributed by atoms with Gasteiger partial charge in [0.25, 0.3) is 0 Å². The van der Waals surface area contributed by atoms with Gasteiger partial charge < -0.3 is 20.1 Å². The van der Waals surface area contributed by atoms with Crippen molar-refractivity contribution in [3.63, 3.8) is 0 Å². The summed E-state index contributed by atoms with van der Waals surface area (Å²) in [6.45, 7) is 1.56. The molecule has 2 aromatic rings. The van der Waals surface area contributed by atoms with Crippen molar-refractivity contribution in [3.05, 3.63) is 80.4 Å². The van der Waals surface area contributed by atoms with Crippen molar-refractivity contribution in [3.8, 4) is 17.2 Å². The molecule has 0 bridgehead atoms. The Labute approximate surface area is 247 Å². The van der Waals surface area contributed by atoms with Crippen LogP contribution >= 0.6 is 15.9 Å². The number of ether oxygens (including phenoxy) is 1. The van der Waals surface area contributed by atoms with Crippen molar-refractivity contribution >= 4 is 51.0 Å². The topological polar surface area (TPSA) is 159 Å². The van der Waals surface area contributed by atoms with E-state index in [0.717, 1.165) is 17.0 Å². The van der Waals surface area contributed by atoms with E-state index in [4.69, 9.17) is 4.74 Å². The zero-order valence-electron chi connectivity index (χ0n) is 22.4. The minimum absolute atomic E-state index is 0.0348. The highest BCUT2D eigenvalue weighted by Crippen LogP contribution is 2.57. The molecule has 0 saturated carbocycles. The van der Waals surface area contributed by atoms with Gasteiger partial charge >= 0.3 is 5.97 Å². The molecular weight excluding hydrogens is 610 g/mol. The number of hydrogen-bond donors (Lipinski definition) is 3. The van der Waals surface area contributed by atoms with Crippen molar-refractivity contribution in [1.29, 1.82) is 0 Å². The van der Waals surface area contributed by atoms with Crippen LogP contribution in [0, 0.1) is 17.8 Å². The molecule has 3 aliphatic carbocycles. The normalized spacial score (nSPS) is 25.1. The number of rotatable bonds is 4. The molecule has 0 radical (unpaired) electrons. The zero-order chi connectivity index (χ0) is 30.2. The van der Waals surface area contributed by atoms with Crippen LogP contribution in [0.15, 0.2) is 69.2 Å². The molecule has 214 valence electrons. The van der Waals surface area contributed by atoms with Crippen LogP contribution in [0.25, 0.3) is 0 Å². The third-order valence-electron chi connectivity index (χ3n) is 8.63. The molecule has 4 atom stereocenters. The molecule has 2 amide bonds. The molecule has 11 heteroatoms. The van der Waals surface area contributed by atoms with E-state index in [1.54, 1.807) is 19.1 Å². The molecule has 0 spiro atoms. The van der Waals surface area contributed by atoms with E-state index < -0.39 is 47.2 Å². The van der Waals surface area contributed by atoms with E-state index in [2.05, 4.69) is 15.9 Å². The van der Waals surface area contributed by atoms with Crippen LogP contribution < -0.4 is 9.64 Å². The number of aromatic carboxylic acids is 1. The number of nitrogens with zero attached hydrogens (tertiary/aromatic N) is 1. The van der Waals surface area contributed by atoms with Gasteiger partial charge in [0.2, 0.25) is 11.8 Å². The molecule has 6 rings (SSSR count). The number of carboxylic acids is 1. The lowest BCUT2D eigenvalue weighted by molar-refractivity contribution is -0.123. The number of carboxylic acid groups (broad SMARTS) is 1. The molecule has 3 N–H and O–H groups in total. The van der Waals surface area contributed by atoms with E-state index in [-0.39, 0.29) is 63.9 Å². The van der Waals surface area contributed by atoms with Crippen molar-refractivity contribution in [2.45, 2.75) is 25.7 Å². The van der Waals surface area contributed by atoms with Gasteiger partial charge in [-0.2, -0.15) is 0 Å². The van der Waals surface area contributed by atoms with Crippen molar-refractivity contribution in [1.82, 2.24) is 0 Å². The second kappa shape index (κ2) is 9.80. The Balaban J connectivity index is 1.49. The number of aromatic hydroxyl groups is 2. The SMILES string of the molecule is COc1cc(Br)cc(C2C3=CCC4C(=O)N(c5ccc(C(=O)O)c(O)c5)C(=O)C4C3CC3=C2C(=O)C(C)=CC3=O)c1O. The maximum absolute atomic E-state index is 14.0. The molecular formula is C31H24BrNO9. The molecule has 1 aliphatic heterocycles. The summed E-state index contributed by atoms with van der Waals surface area (Å²) in [5.74, 6) is -6.94. The van der Waals surface area contributed by atoms with E-state index in [1.807, 2.05) is 6.08 Å². The summed E-state index contributed by atoms with van der Waals surface area (Å²) in [5.41, 5.74) is 1.36. The Morgan fingerprint density at radius 3 is 2.45 bits per heavy atom. The summed E-state index contributed by atoms with van der Waals surface area (Å²) in [6.07, 6.45) is 3.31. The lowest BCUT2D eigenvalue weighted by Crippen LogP contribution is -2.39. The van der Waals surface area contributed by atoms with Gasteiger partial charge in [0, 0.05) is 38.7 Å². The number of halogens is 1. The molecule has 2 aromatic carbocycles. The quantitative estimate of drug-likeness (QED) is 0.255. The minimum atomic E-state index is -1.36. The Kier molecular flexibility index (Phi) is 6.45. The molecule has 1 saturated heterocycles. The van der Waals surface area contributed by atoms with Gasteiger partial charge in [0.1, 0.15) is 11.3 Å². The number of phenolic OH excluding ortho intramolecular Hbond substituents is 1. The highest BCUT2D eigenvalue weighted by molar-refractivity contribution is 9.10. The zero-order valence-corrected chi connectivity index (χ0v) is 24.0. The van der Waals surface area contributed by atoms with E-state index in [1.165, 1.54) is 19.3 Å². The highest BCUT2D eigenvalue weighted by Gasteiger charge is 2.57. The Morgan fingerprint density at radius 1 is 1.05 bits per heavy atom. The van der Waals surface area contributed by atoms with Crippen molar-refractivity contribution in [2.75, 3.05) is 12.0 Å². The van der Waals surface area contributed by atoms with Crippen LogP contribution in [-0.2, 0) is 19.2 Å². The van der Waals surface area contributed by atoms with Gasteiger partial charge in [0.05, 0.1) is 24.6 Å². The Bertz CT molecular complexity index is 1750.